The molecule has 1 aliphatic rings. The third-order valence-corrected chi connectivity index (χ3v) is 6.45. The van der Waals surface area contributed by atoms with Crippen molar-refractivity contribution in [1.29, 1.82) is 10.5 Å². The van der Waals surface area contributed by atoms with Gasteiger partial charge in [0.25, 0.3) is 0 Å². The lowest BCUT2D eigenvalue weighted by molar-refractivity contribution is -0.192. The van der Waals surface area contributed by atoms with E-state index >= 15 is 0 Å². The summed E-state index contributed by atoms with van der Waals surface area (Å²) in [7, 11) is 0. The molecule has 0 saturated carbocycles. The van der Waals surface area contributed by atoms with Crippen LogP contribution in [0.1, 0.15) is 30.3 Å². The molecule has 5 rings (SSSR count). The maximum atomic E-state index is 12.7. The Bertz CT molecular complexity index is 1640. The molecule has 4 aromatic rings. The Balaban J connectivity index is 0.000000517. The van der Waals surface area contributed by atoms with Crippen LogP contribution in [0.15, 0.2) is 37.2 Å². The van der Waals surface area contributed by atoms with E-state index in [0.29, 0.717) is 18.9 Å². The van der Waals surface area contributed by atoms with Gasteiger partial charge in [0.15, 0.2) is 11.5 Å². The number of carboxylic acids is 1. The fourth-order valence-corrected chi connectivity index (χ4v) is 4.59. The molecule has 1 fully saturated rings. The van der Waals surface area contributed by atoms with Crippen LogP contribution in [0, 0.1) is 28.6 Å². The van der Waals surface area contributed by atoms with E-state index in [1.54, 1.807) is 17.1 Å². The van der Waals surface area contributed by atoms with E-state index in [1.165, 1.54) is 12.5 Å². The molecule has 0 unspecified atom stereocenters. The molecule has 1 saturated heterocycles. The Morgan fingerprint density at radius 3 is 2.64 bits per heavy atom. The molecule has 0 bridgehead atoms. The topological polar surface area (TPSA) is 173 Å². The number of hydrogen-bond acceptors (Lipinski definition) is 9. The number of nitrogens with one attached hydrogen (secondary N) is 1. The molecule has 42 heavy (non-hydrogen) atoms. The minimum atomic E-state index is -5.08. The number of carbonyl (C=O) groups is 1. The van der Waals surface area contributed by atoms with Gasteiger partial charge in [0.1, 0.15) is 18.0 Å². The van der Waals surface area contributed by atoms with E-state index in [1.807, 2.05) is 23.2 Å². The van der Waals surface area contributed by atoms with Crippen LogP contribution in [0.4, 0.5) is 27.8 Å². The Labute approximate surface area is 234 Å². The first-order valence-corrected chi connectivity index (χ1v) is 12.3. The van der Waals surface area contributed by atoms with Gasteiger partial charge in [0, 0.05) is 42.4 Å². The van der Waals surface area contributed by atoms with Crippen LogP contribution >= 0.6 is 0 Å². The average Bonchev–Trinajstić information content (AvgIpc) is 3.72. The quantitative estimate of drug-likeness (QED) is 0.301. The van der Waals surface area contributed by atoms with Gasteiger partial charge in [-0.25, -0.2) is 33.5 Å². The summed E-state index contributed by atoms with van der Waals surface area (Å²) in [5.74, 6) is -2.32. The lowest BCUT2D eigenvalue weighted by Crippen LogP contribution is -2.26. The van der Waals surface area contributed by atoms with Gasteiger partial charge in [-0.1, -0.05) is 0 Å². The number of aliphatic carboxylic acids is 1. The summed E-state index contributed by atoms with van der Waals surface area (Å²) in [5.41, 5.74) is 2.42. The lowest BCUT2D eigenvalue weighted by atomic mass is 9.96. The minimum absolute atomic E-state index is 0.0290. The number of halogens is 5. The van der Waals surface area contributed by atoms with Crippen molar-refractivity contribution in [3.63, 3.8) is 0 Å². The molecule has 0 radical (unpaired) electrons. The normalized spacial score (nSPS) is 15.6. The second kappa shape index (κ2) is 12.5. The standard InChI is InChI=1S/C23H20F2N10.C2HF3O2/c24-20(25)7-16-10-29-23(18(8-27)33-16)34-6-3-14(11-34)19(1-4-26)35-12-15(9-32-35)21-17-2-5-28-22(17)31-13-30-21;3-2(4,5)1(6)7/h2,5,9-10,12-14,19-20H,1,3,6-7,11H2,(H,28,30,31);(H,6,7)/t14-,19-;/m0./s1. The van der Waals surface area contributed by atoms with Crippen molar-refractivity contribution in [3.8, 4) is 23.4 Å². The molecular weight excluding hydrogens is 567 g/mol. The molecule has 0 amide bonds. The molecule has 2 atom stereocenters. The van der Waals surface area contributed by atoms with Gasteiger partial charge in [0.2, 0.25) is 6.43 Å². The maximum Gasteiger partial charge on any atom is 0.490 e. The van der Waals surface area contributed by atoms with Gasteiger partial charge in [-0.05, 0) is 12.5 Å². The predicted molar refractivity (Wildman–Crippen MR) is 135 cm³/mol. The van der Waals surface area contributed by atoms with E-state index in [9.17, 15) is 32.5 Å². The van der Waals surface area contributed by atoms with Gasteiger partial charge in [-0.3, -0.25) is 4.68 Å². The van der Waals surface area contributed by atoms with Crippen LogP contribution in [-0.4, -0.2) is 71.5 Å². The van der Waals surface area contributed by atoms with Crippen molar-refractivity contribution in [2.24, 2.45) is 5.92 Å². The summed E-state index contributed by atoms with van der Waals surface area (Å²) in [6.45, 7) is 1.14. The predicted octanol–water partition coefficient (Wildman–Crippen LogP) is 3.91. The molecule has 12 nitrogen and oxygen atoms in total. The highest BCUT2D eigenvalue weighted by Gasteiger charge is 2.38. The summed E-state index contributed by atoms with van der Waals surface area (Å²) in [6.07, 6.45) is 1.04. The molecule has 17 heteroatoms. The Morgan fingerprint density at radius 1 is 1.21 bits per heavy atom. The van der Waals surface area contributed by atoms with Crippen molar-refractivity contribution >= 4 is 22.8 Å². The summed E-state index contributed by atoms with van der Waals surface area (Å²) in [4.78, 5) is 30.9. The largest absolute Gasteiger partial charge is 0.490 e. The molecule has 0 aliphatic carbocycles. The number of nitriles is 2. The summed E-state index contributed by atoms with van der Waals surface area (Å²) in [6, 6.07) is 5.95. The molecule has 2 N–H and O–H groups in total. The van der Waals surface area contributed by atoms with Crippen molar-refractivity contribution in [2.45, 2.75) is 37.9 Å². The third kappa shape index (κ3) is 6.74. The van der Waals surface area contributed by atoms with Gasteiger partial charge in [-0.15, -0.1) is 0 Å². The van der Waals surface area contributed by atoms with Crippen LogP contribution in [0.2, 0.25) is 0 Å². The number of H-pyrrole nitrogens is 1. The number of alkyl halides is 5. The van der Waals surface area contributed by atoms with Gasteiger partial charge >= 0.3 is 12.1 Å². The highest BCUT2D eigenvalue weighted by atomic mass is 19.4. The molecule has 0 spiro atoms. The van der Waals surface area contributed by atoms with E-state index in [0.717, 1.165) is 28.7 Å². The monoisotopic (exact) mass is 588 g/mol. The number of anilines is 1. The number of nitrogens with zero attached hydrogens (tertiary/aromatic N) is 9. The number of hydrogen-bond donors (Lipinski definition) is 2. The minimum Gasteiger partial charge on any atom is -0.475 e. The maximum absolute atomic E-state index is 12.7. The summed E-state index contributed by atoms with van der Waals surface area (Å²) >= 11 is 0. The first kappa shape index (κ1) is 29.8. The van der Waals surface area contributed by atoms with Crippen LogP contribution in [0.3, 0.4) is 0 Å². The number of aromatic nitrogens is 7. The van der Waals surface area contributed by atoms with Crippen molar-refractivity contribution in [1.82, 2.24) is 34.7 Å². The van der Waals surface area contributed by atoms with Crippen LogP contribution < -0.4 is 4.90 Å². The van der Waals surface area contributed by atoms with E-state index in [-0.39, 0.29) is 29.8 Å². The SMILES string of the molecule is N#CC[C@@H]([C@H]1CCN(c2ncc(CC(F)F)nc2C#N)C1)n1cc(-c2ncnc3[nH]ccc23)cn1.O=C(O)C(F)(F)F. The summed E-state index contributed by atoms with van der Waals surface area (Å²) in [5, 5.41) is 31.6. The zero-order valence-corrected chi connectivity index (χ0v) is 21.5. The lowest BCUT2D eigenvalue weighted by Gasteiger charge is -2.23. The number of carboxylic acid groups (broad SMARTS) is 1. The number of rotatable bonds is 7. The second-order valence-corrected chi connectivity index (χ2v) is 9.14. The molecule has 0 aromatic carbocycles. The third-order valence-electron chi connectivity index (χ3n) is 6.45. The zero-order chi connectivity index (χ0) is 30.4. The first-order chi connectivity index (χ1) is 20.0. The molecule has 218 valence electrons. The Hall–Kier alpha value is -5.19. The molecule has 5 heterocycles. The Kier molecular flexibility index (Phi) is 8.90. The highest BCUT2D eigenvalue weighted by Crippen LogP contribution is 2.34. The zero-order valence-electron chi connectivity index (χ0n) is 21.5. The molecule has 1 aliphatic heterocycles. The Morgan fingerprint density at radius 2 is 1.98 bits per heavy atom. The fourth-order valence-electron chi connectivity index (χ4n) is 4.59. The van der Waals surface area contributed by atoms with Crippen LogP contribution in [-0.2, 0) is 11.2 Å². The van der Waals surface area contributed by atoms with Crippen molar-refractivity contribution in [2.75, 3.05) is 18.0 Å². The fraction of sp³-hybridized carbons (Fsp3) is 0.360. The van der Waals surface area contributed by atoms with Gasteiger partial charge in [-0.2, -0.15) is 28.8 Å². The van der Waals surface area contributed by atoms with Crippen molar-refractivity contribution in [3.05, 3.63) is 48.6 Å². The molecule has 4 aromatic heterocycles. The number of aromatic amines is 1. The first-order valence-electron chi connectivity index (χ1n) is 12.3. The average molecular weight is 589 g/mol. The number of fused-ring (bicyclic) bond motifs is 1. The van der Waals surface area contributed by atoms with Crippen LogP contribution in [0.5, 0.6) is 0 Å². The van der Waals surface area contributed by atoms with Crippen LogP contribution in [0.25, 0.3) is 22.3 Å². The smallest absolute Gasteiger partial charge is 0.475 e. The highest BCUT2D eigenvalue weighted by molar-refractivity contribution is 5.90. The van der Waals surface area contributed by atoms with E-state index in [2.05, 4.69) is 36.1 Å². The van der Waals surface area contributed by atoms with Gasteiger partial charge < -0.3 is 15.0 Å². The molecular formula is C25H21F5N10O2. The van der Waals surface area contributed by atoms with Crippen molar-refractivity contribution < 1.29 is 31.9 Å². The van der Waals surface area contributed by atoms with Gasteiger partial charge in [0.05, 0.1) is 48.7 Å². The summed E-state index contributed by atoms with van der Waals surface area (Å²) < 4.78 is 58.9. The second-order valence-electron chi connectivity index (χ2n) is 9.14. The van der Waals surface area contributed by atoms with E-state index < -0.39 is 25.0 Å². The van der Waals surface area contributed by atoms with E-state index in [4.69, 9.17) is 9.90 Å².